The van der Waals surface area contributed by atoms with Crippen molar-refractivity contribution < 1.29 is 0 Å². The standard InChI is InChI=1S/C18H20N4/c1-3-6-13-9-11-14(12-10-13)20-18-17(19-2)21-15-7-4-5-8-16(15)22-18/h4-5,7-12H,3,6H2,1-2H3,(H,19,21)(H,20,22). The number of para-hydroxylation sites is 2. The third kappa shape index (κ3) is 3.01. The fourth-order valence-corrected chi connectivity index (χ4v) is 2.44. The lowest BCUT2D eigenvalue weighted by atomic mass is 10.1. The molecule has 2 N–H and O–H groups in total. The Hall–Kier alpha value is -2.62. The molecule has 0 bridgehead atoms. The summed E-state index contributed by atoms with van der Waals surface area (Å²) in [6, 6.07) is 16.3. The quantitative estimate of drug-likeness (QED) is 0.733. The van der Waals surface area contributed by atoms with Crippen LogP contribution >= 0.6 is 0 Å². The summed E-state index contributed by atoms with van der Waals surface area (Å²) in [5.41, 5.74) is 4.13. The maximum absolute atomic E-state index is 4.66. The molecule has 3 rings (SSSR count). The average molecular weight is 292 g/mol. The Morgan fingerprint density at radius 1 is 0.864 bits per heavy atom. The fourth-order valence-electron chi connectivity index (χ4n) is 2.44. The molecule has 0 spiro atoms. The van der Waals surface area contributed by atoms with Gasteiger partial charge in [0.15, 0.2) is 11.6 Å². The van der Waals surface area contributed by atoms with Crippen molar-refractivity contribution in [3.05, 3.63) is 54.1 Å². The highest BCUT2D eigenvalue weighted by Gasteiger charge is 2.07. The van der Waals surface area contributed by atoms with E-state index < -0.39 is 0 Å². The lowest BCUT2D eigenvalue weighted by Gasteiger charge is -2.11. The summed E-state index contributed by atoms with van der Waals surface area (Å²) in [5, 5.41) is 6.45. The van der Waals surface area contributed by atoms with Crippen molar-refractivity contribution in [1.29, 1.82) is 0 Å². The number of nitrogens with zero attached hydrogens (tertiary/aromatic N) is 2. The van der Waals surface area contributed by atoms with Crippen LogP contribution in [0.4, 0.5) is 17.3 Å². The van der Waals surface area contributed by atoms with E-state index in [9.17, 15) is 0 Å². The third-order valence-corrected chi connectivity index (χ3v) is 3.56. The van der Waals surface area contributed by atoms with Crippen molar-refractivity contribution >= 4 is 28.4 Å². The Morgan fingerprint density at radius 3 is 2.09 bits per heavy atom. The zero-order valence-electron chi connectivity index (χ0n) is 12.9. The number of aryl methyl sites for hydroxylation is 1. The smallest absolute Gasteiger partial charge is 0.174 e. The van der Waals surface area contributed by atoms with Crippen molar-refractivity contribution in [1.82, 2.24) is 9.97 Å². The van der Waals surface area contributed by atoms with Crippen LogP contribution in [0.5, 0.6) is 0 Å². The molecule has 0 atom stereocenters. The topological polar surface area (TPSA) is 49.8 Å². The number of benzene rings is 2. The molecule has 0 aliphatic carbocycles. The number of nitrogens with one attached hydrogen (secondary N) is 2. The van der Waals surface area contributed by atoms with Gasteiger partial charge in [0.05, 0.1) is 11.0 Å². The summed E-state index contributed by atoms with van der Waals surface area (Å²) in [5.74, 6) is 1.49. The number of hydrogen-bond donors (Lipinski definition) is 2. The molecule has 3 aromatic rings. The van der Waals surface area contributed by atoms with Gasteiger partial charge >= 0.3 is 0 Å². The normalized spacial score (nSPS) is 10.6. The number of aromatic nitrogens is 2. The third-order valence-electron chi connectivity index (χ3n) is 3.56. The van der Waals surface area contributed by atoms with Crippen LogP contribution in [0.2, 0.25) is 0 Å². The Labute approximate surface area is 130 Å². The number of rotatable bonds is 5. The van der Waals surface area contributed by atoms with Gasteiger partial charge in [-0.1, -0.05) is 37.6 Å². The molecule has 0 saturated carbocycles. The maximum Gasteiger partial charge on any atom is 0.174 e. The molecule has 0 radical (unpaired) electrons. The van der Waals surface area contributed by atoms with Gasteiger partial charge in [-0.25, -0.2) is 9.97 Å². The molecule has 1 heterocycles. The zero-order valence-corrected chi connectivity index (χ0v) is 12.9. The molecule has 4 nitrogen and oxygen atoms in total. The zero-order chi connectivity index (χ0) is 15.4. The molecule has 1 aromatic heterocycles. The molecule has 0 fully saturated rings. The van der Waals surface area contributed by atoms with Crippen molar-refractivity contribution in [2.45, 2.75) is 19.8 Å². The van der Waals surface area contributed by atoms with Gasteiger partial charge < -0.3 is 10.6 Å². The molecule has 2 aromatic carbocycles. The molecule has 0 unspecified atom stereocenters. The Morgan fingerprint density at radius 2 is 1.50 bits per heavy atom. The minimum atomic E-state index is 0.740. The van der Waals surface area contributed by atoms with Crippen molar-refractivity contribution in [2.24, 2.45) is 0 Å². The average Bonchev–Trinajstić information content (AvgIpc) is 2.56. The maximum atomic E-state index is 4.66. The SMILES string of the molecule is CCCc1ccc(Nc2nc3ccccc3nc2NC)cc1. The summed E-state index contributed by atoms with van der Waals surface area (Å²) in [6.45, 7) is 2.19. The highest BCUT2D eigenvalue weighted by molar-refractivity contribution is 5.81. The molecular weight excluding hydrogens is 272 g/mol. The van der Waals surface area contributed by atoms with E-state index in [1.807, 2.05) is 31.3 Å². The van der Waals surface area contributed by atoms with Crippen molar-refractivity contribution in [2.75, 3.05) is 17.7 Å². The van der Waals surface area contributed by atoms with E-state index in [0.717, 1.165) is 41.2 Å². The van der Waals surface area contributed by atoms with Crippen molar-refractivity contribution in [3.63, 3.8) is 0 Å². The molecule has 112 valence electrons. The number of fused-ring (bicyclic) bond motifs is 1. The first-order chi connectivity index (χ1) is 10.8. The Balaban J connectivity index is 1.91. The van der Waals surface area contributed by atoms with E-state index in [1.54, 1.807) is 0 Å². The molecule has 0 saturated heterocycles. The van der Waals surface area contributed by atoms with Gasteiger partial charge in [0.2, 0.25) is 0 Å². The van der Waals surface area contributed by atoms with Gasteiger partial charge in [-0.3, -0.25) is 0 Å². The highest BCUT2D eigenvalue weighted by atomic mass is 15.1. The van der Waals surface area contributed by atoms with Gasteiger partial charge in [0, 0.05) is 12.7 Å². The fraction of sp³-hybridized carbons (Fsp3) is 0.222. The second-order valence-corrected chi connectivity index (χ2v) is 5.23. The summed E-state index contributed by atoms with van der Waals surface area (Å²) < 4.78 is 0. The van der Waals surface area contributed by atoms with E-state index in [0.29, 0.717) is 0 Å². The van der Waals surface area contributed by atoms with Crippen LogP contribution in [0.25, 0.3) is 11.0 Å². The van der Waals surface area contributed by atoms with Gasteiger partial charge in [-0.2, -0.15) is 0 Å². The van der Waals surface area contributed by atoms with E-state index in [2.05, 4.69) is 51.8 Å². The molecule has 0 amide bonds. The Bertz CT molecular complexity index is 766. The van der Waals surface area contributed by atoms with Crippen LogP contribution < -0.4 is 10.6 Å². The predicted molar refractivity (Wildman–Crippen MR) is 92.8 cm³/mol. The molecule has 0 aliphatic rings. The minimum absolute atomic E-state index is 0.740. The predicted octanol–water partition coefficient (Wildman–Crippen LogP) is 4.37. The number of hydrogen-bond acceptors (Lipinski definition) is 4. The van der Waals surface area contributed by atoms with Gasteiger partial charge in [0.25, 0.3) is 0 Å². The summed E-state index contributed by atoms with van der Waals surface area (Å²) in [7, 11) is 1.86. The van der Waals surface area contributed by atoms with E-state index in [4.69, 9.17) is 0 Å². The summed E-state index contributed by atoms with van der Waals surface area (Å²) >= 11 is 0. The van der Waals surface area contributed by atoms with Crippen LogP contribution in [-0.4, -0.2) is 17.0 Å². The monoisotopic (exact) mass is 292 g/mol. The lowest BCUT2D eigenvalue weighted by Crippen LogP contribution is -2.03. The molecule has 4 heteroatoms. The first-order valence-corrected chi connectivity index (χ1v) is 7.60. The highest BCUT2D eigenvalue weighted by Crippen LogP contribution is 2.24. The van der Waals surface area contributed by atoms with E-state index >= 15 is 0 Å². The molecule has 22 heavy (non-hydrogen) atoms. The van der Waals surface area contributed by atoms with Crippen molar-refractivity contribution in [3.8, 4) is 0 Å². The van der Waals surface area contributed by atoms with Gasteiger partial charge in [-0.15, -0.1) is 0 Å². The minimum Gasteiger partial charge on any atom is -0.370 e. The first-order valence-electron chi connectivity index (χ1n) is 7.60. The number of anilines is 3. The second kappa shape index (κ2) is 6.43. The first kappa shape index (κ1) is 14.3. The second-order valence-electron chi connectivity index (χ2n) is 5.23. The lowest BCUT2D eigenvalue weighted by molar-refractivity contribution is 0.922. The largest absolute Gasteiger partial charge is 0.370 e. The van der Waals surface area contributed by atoms with Gasteiger partial charge in [0.1, 0.15) is 0 Å². The van der Waals surface area contributed by atoms with E-state index in [1.165, 1.54) is 5.56 Å². The molecule has 0 aliphatic heterocycles. The van der Waals surface area contributed by atoms with Crippen LogP contribution in [0, 0.1) is 0 Å². The van der Waals surface area contributed by atoms with E-state index in [-0.39, 0.29) is 0 Å². The van der Waals surface area contributed by atoms with Crippen LogP contribution in [0.3, 0.4) is 0 Å². The molecular formula is C18H20N4. The van der Waals surface area contributed by atoms with Crippen LogP contribution in [0.15, 0.2) is 48.5 Å². The Kier molecular flexibility index (Phi) is 4.19. The summed E-state index contributed by atoms with van der Waals surface area (Å²) in [4.78, 5) is 9.26. The summed E-state index contributed by atoms with van der Waals surface area (Å²) in [6.07, 6.45) is 2.27. The van der Waals surface area contributed by atoms with Crippen LogP contribution in [0.1, 0.15) is 18.9 Å². The van der Waals surface area contributed by atoms with Gasteiger partial charge in [-0.05, 0) is 36.2 Å². The van der Waals surface area contributed by atoms with Crippen LogP contribution in [-0.2, 0) is 6.42 Å².